The maximum Gasteiger partial charge on any atom is 0.0172 e. The first kappa shape index (κ1) is 13.3. The molecule has 1 saturated heterocycles. The van der Waals surface area contributed by atoms with Crippen LogP contribution in [-0.2, 0) is 0 Å². The molecule has 0 saturated carbocycles. The van der Waals surface area contributed by atoms with Crippen molar-refractivity contribution in [3.63, 3.8) is 0 Å². The normalized spacial score (nSPS) is 24.4. The minimum atomic E-state index is 0.312. The summed E-state index contributed by atoms with van der Waals surface area (Å²) in [6, 6.07) is 0. The van der Waals surface area contributed by atoms with Gasteiger partial charge in [0.1, 0.15) is 0 Å². The Hall–Kier alpha value is 0.270. The lowest BCUT2D eigenvalue weighted by molar-refractivity contribution is 0.225. The molecule has 15 heavy (non-hydrogen) atoms. The van der Waals surface area contributed by atoms with E-state index in [2.05, 4.69) is 37.4 Å². The number of hydrogen-bond acceptors (Lipinski definition) is 3. The zero-order chi connectivity index (χ0) is 11.3. The molecule has 1 heterocycles. The average Bonchev–Trinajstić information content (AvgIpc) is 2.27. The number of rotatable bonds is 5. The Bertz CT molecular complexity index is 182. The number of nitrogens with zero attached hydrogens (tertiary/aromatic N) is 1. The van der Waals surface area contributed by atoms with Gasteiger partial charge in [-0.25, -0.2) is 0 Å². The molecule has 0 aromatic heterocycles. The van der Waals surface area contributed by atoms with Gasteiger partial charge in [-0.3, -0.25) is 0 Å². The van der Waals surface area contributed by atoms with Gasteiger partial charge in [0.05, 0.1) is 0 Å². The molecule has 2 N–H and O–H groups in total. The molecule has 1 aliphatic rings. The van der Waals surface area contributed by atoms with E-state index in [1.807, 2.05) is 0 Å². The van der Waals surface area contributed by atoms with Gasteiger partial charge in [0.2, 0.25) is 0 Å². The van der Waals surface area contributed by atoms with Crippen LogP contribution in [0.5, 0.6) is 0 Å². The highest BCUT2D eigenvalue weighted by molar-refractivity contribution is 8.00. The van der Waals surface area contributed by atoms with Crippen molar-refractivity contribution in [2.75, 3.05) is 31.9 Å². The molecule has 0 spiro atoms. The lowest BCUT2D eigenvalue weighted by Crippen LogP contribution is -2.40. The van der Waals surface area contributed by atoms with Crippen LogP contribution in [0.3, 0.4) is 0 Å². The predicted molar refractivity (Wildman–Crippen MR) is 70.4 cm³/mol. The van der Waals surface area contributed by atoms with Crippen molar-refractivity contribution in [2.24, 2.45) is 11.1 Å². The highest BCUT2D eigenvalue weighted by Crippen LogP contribution is 2.24. The molecule has 0 bridgehead atoms. The summed E-state index contributed by atoms with van der Waals surface area (Å²) in [4.78, 5) is 2.61. The summed E-state index contributed by atoms with van der Waals surface area (Å²) >= 11 is 2.14. The van der Waals surface area contributed by atoms with Crippen LogP contribution in [0.2, 0.25) is 0 Å². The van der Waals surface area contributed by atoms with Gasteiger partial charge in [0.25, 0.3) is 0 Å². The molecule has 1 unspecified atom stereocenters. The molecule has 90 valence electrons. The second-order valence-corrected chi connectivity index (χ2v) is 6.73. The van der Waals surface area contributed by atoms with Crippen molar-refractivity contribution in [3.8, 4) is 0 Å². The van der Waals surface area contributed by atoms with Crippen LogP contribution < -0.4 is 5.73 Å². The average molecular weight is 230 g/mol. The summed E-state index contributed by atoms with van der Waals surface area (Å²) in [5.74, 6) is 1.31. The molecular weight excluding hydrogens is 204 g/mol. The van der Waals surface area contributed by atoms with Crippen LogP contribution in [-0.4, -0.2) is 42.1 Å². The van der Waals surface area contributed by atoms with E-state index in [0.717, 1.165) is 11.8 Å². The summed E-state index contributed by atoms with van der Waals surface area (Å²) in [5.41, 5.74) is 6.06. The van der Waals surface area contributed by atoms with E-state index in [1.54, 1.807) is 0 Å². The Kier molecular flexibility index (Phi) is 5.44. The number of hydrogen-bond donors (Lipinski definition) is 1. The van der Waals surface area contributed by atoms with Gasteiger partial charge < -0.3 is 10.6 Å². The summed E-state index contributed by atoms with van der Waals surface area (Å²) in [5, 5.41) is 0.861. The summed E-state index contributed by atoms with van der Waals surface area (Å²) in [7, 11) is 0. The van der Waals surface area contributed by atoms with Crippen LogP contribution in [0, 0.1) is 5.41 Å². The SMILES string of the molecule is CCC1CN(CCC(C)(C)CN)CCS1. The van der Waals surface area contributed by atoms with E-state index in [-0.39, 0.29) is 0 Å². The lowest BCUT2D eigenvalue weighted by Gasteiger charge is -2.34. The van der Waals surface area contributed by atoms with E-state index in [1.165, 1.54) is 38.2 Å². The van der Waals surface area contributed by atoms with Crippen LogP contribution >= 0.6 is 11.8 Å². The van der Waals surface area contributed by atoms with Gasteiger partial charge in [-0.05, 0) is 31.3 Å². The van der Waals surface area contributed by atoms with Gasteiger partial charge in [0, 0.05) is 24.1 Å². The number of thioether (sulfide) groups is 1. The van der Waals surface area contributed by atoms with Crippen LogP contribution in [0.15, 0.2) is 0 Å². The summed E-state index contributed by atoms with van der Waals surface area (Å²) in [6.07, 6.45) is 2.53. The quantitative estimate of drug-likeness (QED) is 0.785. The van der Waals surface area contributed by atoms with Gasteiger partial charge in [-0.1, -0.05) is 20.8 Å². The molecule has 0 aliphatic carbocycles. The predicted octanol–water partition coefficient (Wildman–Crippen LogP) is 2.19. The van der Waals surface area contributed by atoms with Crippen molar-refractivity contribution < 1.29 is 0 Å². The summed E-state index contributed by atoms with van der Waals surface area (Å²) < 4.78 is 0. The minimum absolute atomic E-state index is 0.312. The fraction of sp³-hybridized carbons (Fsp3) is 1.00. The second kappa shape index (κ2) is 6.12. The molecule has 1 aliphatic heterocycles. The minimum Gasteiger partial charge on any atom is -0.330 e. The lowest BCUT2D eigenvalue weighted by atomic mass is 9.89. The molecule has 3 heteroatoms. The van der Waals surface area contributed by atoms with E-state index in [0.29, 0.717) is 5.41 Å². The largest absolute Gasteiger partial charge is 0.330 e. The molecule has 2 nitrogen and oxygen atoms in total. The van der Waals surface area contributed by atoms with Crippen molar-refractivity contribution in [3.05, 3.63) is 0 Å². The van der Waals surface area contributed by atoms with E-state index < -0.39 is 0 Å². The van der Waals surface area contributed by atoms with Gasteiger partial charge in [-0.15, -0.1) is 0 Å². The van der Waals surface area contributed by atoms with Crippen LogP contribution in [0.1, 0.15) is 33.6 Å². The molecule has 0 amide bonds. The zero-order valence-electron chi connectivity index (χ0n) is 10.5. The fourth-order valence-electron chi connectivity index (χ4n) is 1.79. The van der Waals surface area contributed by atoms with Gasteiger partial charge in [-0.2, -0.15) is 11.8 Å². The maximum atomic E-state index is 5.75. The number of nitrogens with two attached hydrogens (primary N) is 1. The standard InChI is InChI=1S/C12H26N2S/c1-4-11-9-14(7-8-15-11)6-5-12(2,3)10-13/h11H,4-10,13H2,1-3H3. The first-order chi connectivity index (χ1) is 7.07. The van der Waals surface area contributed by atoms with Crippen LogP contribution in [0.25, 0.3) is 0 Å². The zero-order valence-corrected chi connectivity index (χ0v) is 11.3. The Morgan fingerprint density at radius 1 is 1.47 bits per heavy atom. The molecule has 1 atom stereocenters. The Morgan fingerprint density at radius 3 is 2.80 bits per heavy atom. The maximum absolute atomic E-state index is 5.75. The molecule has 1 fully saturated rings. The van der Waals surface area contributed by atoms with E-state index >= 15 is 0 Å². The van der Waals surface area contributed by atoms with Crippen molar-refractivity contribution in [2.45, 2.75) is 38.9 Å². The highest BCUT2D eigenvalue weighted by atomic mass is 32.2. The first-order valence-corrected chi connectivity index (χ1v) is 7.16. The third-order valence-electron chi connectivity index (χ3n) is 3.34. The second-order valence-electron chi connectivity index (χ2n) is 5.32. The molecule has 1 rings (SSSR count). The molecule has 0 radical (unpaired) electrons. The van der Waals surface area contributed by atoms with E-state index in [9.17, 15) is 0 Å². The topological polar surface area (TPSA) is 29.3 Å². The smallest absolute Gasteiger partial charge is 0.0172 e. The van der Waals surface area contributed by atoms with Crippen molar-refractivity contribution >= 4 is 11.8 Å². The Labute approximate surface area is 99.0 Å². The highest BCUT2D eigenvalue weighted by Gasteiger charge is 2.21. The van der Waals surface area contributed by atoms with Crippen molar-refractivity contribution in [1.29, 1.82) is 0 Å². The van der Waals surface area contributed by atoms with Gasteiger partial charge >= 0.3 is 0 Å². The van der Waals surface area contributed by atoms with Gasteiger partial charge in [0.15, 0.2) is 0 Å². The van der Waals surface area contributed by atoms with Crippen molar-refractivity contribution in [1.82, 2.24) is 4.90 Å². The Morgan fingerprint density at radius 2 is 2.20 bits per heavy atom. The molecule has 0 aromatic rings. The van der Waals surface area contributed by atoms with E-state index in [4.69, 9.17) is 5.73 Å². The summed E-state index contributed by atoms with van der Waals surface area (Å²) in [6.45, 7) is 11.4. The molecular formula is C12H26N2S. The Balaban J connectivity index is 2.26. The third-order valence-corrected chi connectivity index (χ3v) is 4.71. The fourth-order valence-corrected chi connectivity index (χ4v) is 3.04. The third kappa shape index (κ3) is 4.75. The first-order valence-electron chi connectivity index (χ1n) is 6.11. The van der Waals surface area contributed by atoms with Crippen LogP contribution in [0.4, 0.5) is 0 Å². The monoisotopic (exact) mass is 230 g/mol. The molecule has 0 aromatic carbocycles.